The van der Waals surface area contributed by atoms with Crippen LogP contribution in [0.3, 0.4) is 0 Å². The number of hydrogen-bond donors (Lipinski definition) is 14. The van der Waals surface area contributed by atoms with Crippen molar-refractivity contribution in [3.8, 4) is 11.5 Å². The van der Waals surface area contributed by atoms with E-state index in [9.17, 15) is 58.5 Å². The van der Waals surface area contributed by atoms with E-state index in [-0.39, 0.29) is 67.1 Å². The van der Waals surface area contributed by atoms with Crippen LogP contribution in [0.4, 0.5) is 0 Å². The van der Waals surface area contributed by atoms with Crippen molar-refractivity contribution >= 4 is 92.3 Å². The number of amides is 10. The van der Waals surface area contributed by atoms with Crippen molar-refractivity contribution in [1.29, 1.82) is 0 Å². The van der Waals surface area contributed by atoms with Crippen LogP contribution in [-0.2, 0) is 68.8 Å². The van der Waals surface area contributed by atoms with Crippen LogP contribution in [-0.4, -0.2) is 154 Å². The summed E-state index contributed by atoms with van der Waals surface area (Å²) in [4.78, 5) is 141. The molecule has 0 spiro atoms. The third-order valence-electron chi connectivity index (χ3n) is 13.7. The molecule has 1 heterocycles. The molecule has 1 saturated heterocycles. The fourth-order valence-electron chi connectivity index (χ4n) is 9.01. The highest BCUT2D eigenvalue weighted by Crippen LogP contribution is 2.25. The van der Waals surface area contributed by atoms with Gasteiger partial charge in [0.2, 0.25) is 59.1 Å². The Hall–Kier alpha value is -7.91. The zero-order valence-electron chi connectivity index (χ0n) is 49.0. The Morgan fingerprint density at radius 2 is 1.13 bits per heavy atom. The molecule has 10 amide bonds. The fraction of sp³-hybridized carbons (Fsp3) is 0.433. The Bertz CT molecular complexity index is 3030. The Balaban J connectivity index is 1.63. The van der Waals surface area contributed by atoms with Crippen LogP contribution in [0.1, 0.15) is 86.0 Å². The minimum atomic E-state index is -1.77. The van der Waals surface area contributed by atoms with Crippen LogP contribution in [0, 0.1) is 5.41 Å². The third kappa shape index (κ3) is 23.7. The molecular weight excluding hydrogens is 1180 g/mol. The van der Waals surface area contributed by atoms with Gasteiger partial charge in [-0.25, -0.2) is 0 Å². The van der Waals surface area contributed by atoms with Gasteiger partial charge in [-0.2, -0.15) is 0 Å². The molecule has 1 aliphatic heterocycles. The second kappa shape index (κ2) is 33.8. The van der Waals surface area contributed by atoms with Crippen molar-refractivity contribution in [2.45, 2.75) is 134 Å². The molecule has 24 nitrogen and oxygen atoms in total. The van der Waals surface area contributed by atoms with Crippen molar-refractivity contribution < 1.29 is 63.3 Å². The van der Waals surface area contributed by atoms with Gasteiger partial charge in [-0.1, -0.05) is 102 Å². The van der Waals surface area contributed by atoms with E-state index in [0.29, 0.717) is 46.7 Å². The second-order valence-corrected chi connectivity index (χ2v) is 25.3. The van der Waals surface area contributed by atoms with Gasteiger partial charge in [0, 0.05) is 54.2 Å². The average Bonchev–Trinajstić information content (AvgIpc) is 2.63. The Morgan fingerprint density at radius 1 is 0.632 bits per heavy atom. The van der Waals surface area contributed by atoms with Gasteiger partial charge in [-0.05, 0) is 116 Å². The number of nitrogens with two attached hydrogens (primary N) is 2. The summed E-state index contributed by atoms with van der Waals surface area (Å²) in [5.74, 6) is -9.49. The van der Waals surface area contributed by atoms with E-state index in [1.165, 1.54) is 79.7 Å². The molecule has 27 heteroatoms. The number of nitrogens with one attached hydrogen (secondary N) is 9. The molecule has 9 atom stereocenters. The molecule has 4 aromatic carbocycles. The normalized spacial score (nSPS) is 20.3. The lowest BCUT2D eigenvalue weighted by Crippen LogP contribution is -2.62. The quantitative estimate of drug-likeness (QED) is 0.0387. The van der Waals surface area contributed by atoms with Crippen molar-refractivity contribution in [3.63, 3.8) is 0 Å². The number of benzene rings is 4. The van der Waals surface area contributed by atoms with Crippen LogP contribution < -0.4 is 59.3 Å². The molecule has 87 heavy (non-hydrogen) atoms. The summed E-state index contributed by atoms with van der Waals surface area (Å²) in [6, 6.07) is 11.9. The predicted octanol–water partition coefficient (Wildman–Crippen LogP) is 1.09. The SMILES string of the molecule is CNCCCC[C@@H]1NC(=O)[C@@H](Cc2ccc(C(N)=O)cc2)NC(=O)[C@H](Cc2ccc(O)cc2)NC(=O)[C@H](NC(=O)[C@H](Cc2ccc(Cl)cc2)NC(=O)CC(C)(C)C)CSSC[C@@H](C(=O)N[C@H](Cc2ccc(O)cc2)C(N)=O)NC(=O)C(C(C)O)NC1=O. The third-order valence-corrected chi connectivity index (χ3v) is 16.4. The molecule has 16 N–H and O–H groups in total. The number of aromatic hydroxyl groups is 2. The molecule has 0 bridgehead atoms. The standard InChI is InChI=1S/C60H78ClN11O13S2/c1-33(73)50-59(85)71-48(57(83)67-43(52(63)78)26-36-13-21-40(74)22-14-36)32-87-86-31-47(70-54(80)44(65-49(76)30-60(2,3)4)27-35-11-19-39(61)20-12-35)58(84)69-46(29-37-15-23-41(75)24-16-37)56(82)68-45(28-34-9-17-38(18-10-34)51(62)77)55(81)66-42(53(79)72-50)8-6-7-25-64-5/h9-24,33,42-48,50,64,73-75H,6-8,25-32H2,1-5H3,(H2,62,77)(H2,63,78)(H,65,76)(H,66,81)(H,67,83)(H,68,82)(H,69,84)(H,70,80)(H,71,85)(H,72,79)/t33?,42-,43+,44-,45+,46-,47+,48-,50?/m0/s1. The number of carbonyl (C=O) groups excluding carboxylic acids is 10. The topological polar surface area (TPSA) is 392 Å². The zero-order valence-corrected chi connectivity index (χ0v) is 51.4. The van der Waals surface area contributed by atoms with Crippen molar-refractivity contribution in [2.75, 3.05) is 25.1 Å². The van der Waals surface area contributed by atoms with Gasteiger partial charge in [0.25, 0.3) is 0 Å². The van der Waals surface area contributed by atoms with E-state index < -0.39 is 119 Å². The van der Waals surface area contributed by atoms with Crippen LogP contribution in [0.15, 0.2) is 97.1 Å². The summed E-state index contributed by atoms with van der Waals surface area (Å²) < 4.78 is 0. The molecule has 0 aliphatic carbocycles. The van der Waals surface area contributed by atoms with E-state index in [2.05, 4.69) is 47.9 Å². The average molecular weight is 1260 g/mol. The Labute approximate surface area is 517 Å². The maximum absolute atomic E-state index is 15.0. The number of halogens is 1. The zero-order chi connectivity index (χ0) is 64.0. The first-order valence-electron chi connectivity index (χ1n) is 28.2. The van der Waals surface area contributed by atoms with Gasteiger partial charge in [0.1, 0.15) is 59.8 Å². The first kappa shape index (κ1) is 69.9. The molecule has 0 radical (unpaired) electrons. The summed E-state index contributed by atoms with van der Waals surface area (Å²) in [6.07, 6.45) is -1.50. The van der Waals surface area contributed by atoms with Gasteiger partial charge in [0.05, 0.1) is 6.10 Å². The number of carbonyl (C=O) groups is 10. The number of unbranched alkanes of at least 4 members (excludes halogenated alkanes) is 1. The monoisotopic (exact) mass is 1260 g/mol. The highest BCUT2D eigenvalue weighted by atomic mass is 35.5. The number of aliphatic hydroxyl groups excluding tert-OH is 1. The minimum Gasteiger partial charge on any atom is -0.508 e. The highest BCUT2D eigenvalue weighted by Gasteiger charge is 2.37. The summed E-state index contributed by atoms with van der Waals surface area (Å²) in [5.41, 5.74) is 12.9. The van der Waals surface area contributed by atoms with Gasteiger partial charge in [-0.3, -0.25) is 47.9 Å². The fourth-order valence-corrected chi connectivity index (χ4v) is 11.5. The van der Waals surface area contributed by atoms with Crippen LogP contribution >= 0.6 is 33.2 Å². The number of aliphatic hydroxyl groups is 1. The minimum absolute atomic E-state index is 0.0174. The molecule has 2 unspecified atom stereocenters. The Kier molecular flexibility index (Phi) is 27.2. The van der Waals surface area contributed by atoms with Gasteiger partial charge >= 0.3 is 0 Å². The van der Waals surface area contributed by atoms with Gasteiger partial charge in [0.15, 0.2) is 0 Å². The second-order valence-electron chi connectivity index (χ2n) is 22.4. The summed E-state index contributed by atoms with van der Waals surface area (Å²) in [6.45, 7) is 7.25. The molecule has 0 aromatic heterocycles. The molecular formula is C60H78ClN11O13S2. The number of primary amides is 2. The van der Waals surface area contributed by atoms with Crippen molar-refractivity contribution in [1.82, 2.24) is 47.9 Å². The van der Waals surface area contributed by atoms with Crippen LogP contribution in [0.5, 0.6) is 11.5 Å². The Morgan fingerprint density at radius 3 is 1.66 bits per heavy atom. The van der Waals surface area contributed by atoms with Gasteiger partial charge in [-0.15, -0.1) is 0 Å². The number of phenols is 2. The summed E-state index contributed by atoms with van der Waals surface area (Å²) >= 11 is 6.19. The molecule has 1 fully saturated rings. The maximum atomic E-state index is 15.0. The number of rotatable bonds is 22. The van der Waals surface area contributed by atoms with Crippen molar-refractivity contribution in [2.24, 2.45) is 16.9 Å². The van der Waals surface area contributed by atoms with E-state index >= 15 is 4.79 Å². The highest BCUT2D eigenvalue weighted by molar-refractivity contribution is 8.76. The maximum Gasteiger partial charge on any atom is 0.248 e. The van der Waals surface area contributed by atoms with Gasteiger partial charge < -0.3 is 74.6 Å². The summed E-state index contributed by atoms with van der Waals surface area (Å²) in [5, 5.41) is 56.0. The molecule has 5 rings (SSSR count). The van der Waals surface area contributed by atoms with Crippen LogP contribution in [0.25, 0.3) is 0 Å². The van der Waals surface area contributed by atoms with Crippen molar-refractivity contribution in [3.05, 3.63) is 130 Å². The predicted molar refractivity (Wildman–Crippen MR) is 331 cm³/mol. The molecule has 4 aromatic rings. The molecule has 1 aliphatic rings. The first-order chi connectivity index (χ1) is 41.2. The first-order valence-corrected chi connectivity index (χ1v) is 31.0. The molecule has 470 valence electrons. The largest absolute Gasteiger partial charge is 0.508 e. The lowest BCUT2D eigenvalue weighted by Gasteiger charge is -2.29. The molecule has 0 saturated carbocycles. The number of phenolic OH excluding ortho intramolecular Hbond substituents is 2. The smallest absolute Gasteiger partial charge is 0.248 e. The van der Waals surface area contributed by atoms with E-state index in [1.54, 1.807) is 31.3 Å². The van der Waals surface area contributed by atoms with E-state index in [4.69, 9.17) is 23.1 Å². The summed E-state index contributed by atoms with van der Waals surface area (Å²) in [7, 11) is 3.59. The van der Waals surface area contributed by atoms with E-state index in [1.807, 2.05) is 20.8 Å². The van der Waals surface area contributed by atoms with E-state index in [0.717, 1.165) is 21.6 Å². The lowest BCUT2D eigenvalue weighted by molar-refractivity contribution is -0.136. The van der Waals surface area contributed by atoms with Crippen LogP contribution in [0.2, 0.25) is 5.02 Å². The number of hydrogen-bond acceptors (Lipinski definition) is 16. The lowest BCUT2D eigenvalue weighted by atomic mass is 9.91.